The summed E-state index contributed by atoms with van der Waals surface area (Å²) in [5.74, 6) is 0.412. The zero-order chi connectivity index (χ0) is 24.8. The highest BCUT2D eigenvalue weighted by Crippen LogP contribution is 2.72. The first kappa shape index (κ1) is 22.5. The molecule has 2 aromatic carbocycles. The van der Waals surface area contributed by atoms with Crippen molar-refractivity contribution >= 4 is 22.6 Å². The van der Waals surface area contributed by atoms with Crippen LogP contribution < -0.4 is 10.6 Å². The summed E-state index contributed by atoms with van der Waals surface area (Å²) in [6.07, 6.45) is 7.26. The number of phenols is 1. The molecule has 3 aliphatic carbocycles. The Morgan fingerprint density at radius 2 is 1.75 bits per heavy atom. The van der Waals surface area contributed by atoms with Crippen molar-refractivity contribution in [1.82, 2.24) is 15.3 Å². The maximum Gasteiger partial charge on any atom is 0.255 e. The summed E-state index contributed by atoms with van der Waals surface area (Å²) in [7, 11) is 0. The number of halogens is 1. The average Bonchev–Trinajstić information content (AvgIpc) is 2.84. The van der Waals surface area contributed by atoms with Gasteiger partial charge in [-0.3, -0.25) is 9.78 Å². The van der Waals surface area contributed by atoms with Crippen LogP contribution in [0.5, 0.6) is 5.75 Å². The van der Waals surface area contributed by atoms with Gasteiger partial charge < -0.3 is 15.7 Å². The first-order valence-corrected chi connectivity index (χ1v) is 12.2. The van der Waals surface area contributed by atoms with E-state index in [1.165, 1.54) is 18.2 Å². The summed E-state index contributed by atoms with van der Waals surface area (Å²) in [5, 5.41) is 17.8. The number of rotatable bonds is 8. The third kappa shape index (κ3) is 3.94. The number of para-hydroxylation sites is 1. The van der Waals surface area contributed by atoms with E-state index in [0.717, 1.165) is 48.0 Å². The zero-order valence-electron chi connectivity index (χ0n) is 19.7. The van der Waals surface area contributed by atoms with E-state index in [4.69, 9.17) is 0 Å². The van der Waals surface area contributed by atoms with Gasteiger partial charge in [0.25, 0.3) is 5.91 Å². The molecule has 36 heavy (non-hydrogen) atoms. The number of hydrogen-bond donors (Lipinski definition) is 3. The minimum Gasteiger partial charge on any atom is -0.507 e. The van der Waals surface area contributed by atoms with E-state index >= 15 is 0 Å². The van der Waals surface area contributed by atoms with Gasteiger partial charge in [-0.25, -0.2) is 9.37 Å². The monoisotopic (exact) mass is 482 g/mol. The maximum atomic E-state index is 13.5. The lowest BCUT2D eigenvalue weighted by Crippen LogP contribution is -2.74. The number of anilines is 1. The fourth-order valence-electron chi connectivity index (χ4n) is 6.16. The van der Waals surface area contributed by atoms with Gasteiger partial charge in [0.1, 0.15) is 17.1 Å². The molecule has 0 aliphatic heterocycles. The molecule has 7 rings (SSSR count). The third-order valence-corrected chi connectivity index (χ3v) is 7.89. The molecule has 6 nitrogen and oxygen atoms in total. The molecule has 3 saturated carbocycles. The molecule has 0 saturated heterocycles. The number of hydrogen-bond acceptors (Lipinski definition) is 5. The van der Waals surface area contributed by atoms with E-state index in [9.17, 15) is 14.3 Å². The summed E-state index contributed by atoms with van der Waals surface area (Å²) in [6, 6.07) is 19.1. The molecule has 2 bridgehead atoms. The van der Waals surface area contributed by atoms with E-state index < -0.39 is 0 Å². The second-order valence-electron chi connectivity index (χ2n) is 10.3. The Kier molecular flexibility index (Phi) is 5.36. The number of aromatic nitrogens is 2. The Hall–Kier alpha value is -4.00. The van der Waals surface area contributed by atoms with Gasteiger partial charge in [0.15, 0.2) is 5.82 Å². The Labute approximate surface area is 208 Å². The molecule has 3 N–H and O–H groups in total. The van der Waals surface area contributed by atoms with Crippen molar-refractivity contribution in [2.45, 2.75) is 31.2 Å². The second kappa shape index (κ2) is 8.59. The normalized spacial score (nSPS) is 22.8. The fourth-order valence-corrected chi connectivity index (χ4v) is 6.16. The number of carbonyl (C=O) groups excluding carboxylic acids is 1. The molecule has 0 spiro atoms. The van der Waals surface area contributed by atoms with E-state index in [1.54, 1.807) is 30.6 Å². The predicted octanol–water partition coefficient (Wildman–Crippen LogP) is 5.10. The molecule has 0 radical (unpaired) electrons. The third-order valence-electron chi connectivity index (χ3n) is 7.89. The van der Waals surface area contributed by atoms with Crippen LogP contribution in [0.1, 0.15) is 35.2 Å². The van der Waals surface area contributed by atoms with Crippen LogP contribution >= 0.6 is 0 Å². The number of phenolic OH excluding ortho intramolecular Hbond substituents is 1. The zero-order valence-corrected chi connectivity index (χ0v) is 19.7. The molecule has 3 aliphatic rings. The molecular formula is C29H27FN4O2. The number of amides is 1. The molecule has 1 unspecified atom stereocenters. The molecule has 1 atom stereocenters. The van der Waals surface area contributed by atoms with Crippen LogP contribution in [-0.4, -0.2) is 33.1 Å². The summed E-state index contributed by atoms with van der Waals surface area (Å²) in [6.45, 7) is 0.481. The van der Waals surface area contributed by atoms with E-state index in [2.05, 4.69) is 20.6 Å². The van der Waals surface area contributed by atoms with Crippen LogP contribution in [0.3, 0.4) is 0 Å². The smallest absolute Gasteiger partial charge is 0.255 e. The summed E-state index contributed by atoms with van der Waals surface area (Å²) in [5.41, 5.74) is 2.26. The lowest BCUT2D eigenvalue weighted by Gasteiger charge is -2.73. The Morgan fingerprint density at radius 3 is 2.53 bits per heavy atom. The molecule has 3 fully saturated rings. The average molecular weight is 483 g/mol. The lowest BCUT2D eigenvalue weighted by atomic mass is 9.35. The van der Waals surface area contributed by atoms with Crippen molar-refractivity contribution in [3.63, 3.8) is 0 Å². The number of carbonyl (C=O) groups is 1. The van der Waals surface area contributed by atoms with E-state index in [-0.39, 0.29) is 39.9 Å². The largest absolute Gasteiger partial charge is 0.507 e. The lowest BCUT2D eigenvalue weighted by molar-refractivity contribution is -0.158. The number of benzene rings is 2. The minimum absolute atomic E-state index is 0.0123. The van der Waals surface area contributed by atoms with Crippen molar-refractivity contribution in [2.75, 3.05) is 11.9 Å². The van der Waals surface area contributed by atoms with Crippen LogP contribution in [0.15, 0.2) is 79.1 Å². The number of nitrogens with zero attached hydrogens (tertiary/aromatic N) is 2. The van der Waals surface area contributed by atoms with Crippen LogP contribution in [-0.2, 0) is 6.42 Å². The van der Waals surface area contributed by atoms with Gasteiger partial charge in [-0.05, 0) is 79.0 Å². The van der Waals surface area contributed by atoms with Crippen LogP contribution in [0.2, 0.25) is 0 Å². The molecule has 2 aromatic heterocycles. The molecular weight excluding hydrogens is 455 g/mol. The van der Waals surface area contributed by atoms with Gasteiger partial charge in [-0.15, -0.1) is 0 Å². The standard InChI is InChI=1S/C29H27FN4O2/c30-22-9-7-19(8-10-22)14-21(15-33-27(36)23-5-1-2-6-24(23)35)28-16-29(17-28,18-28)34-26-25-20(11-13-32-26)4-3-12-31-25/h1-13,21,35H,14-18H2,(H,32,34)(H,33,36). The number of aromatic hydroxyl groups is 1. The first-order chi connectivity index (χ1) is 17.5. The van der Waals surface area contributed by atoms with Crippen molar-refractivity contribution in [3.8, 4) is 5.75 Å². The van der Waals surface area contributed by atoms with Crippen molar-refractivity contribution < 1.29 is 14.3 Å². The highest BCUT2D eigenvalue weighted by molar-refractivity contribution is 5.96. The van der Waals surface area contributed by atoms with Crippen LogP contribution in [0.25, 0.3) is 10.9 Å². The Morgan fingerprint density at radius 1 is 0.972 bits per heavy atom. The van der Waals surface area contributed by atoms with Crippen molar-refractivity contribution in [1.29, 1.82) is 0 Å². The van der Waals surface area contributed by atoms with Gasteiger partial charge in [0.2, 0.25) is 0 Å². The minimum atomic E-state index is -0.289. The molecule has 7 heteroatoms. The number of pyridine rings is 2. The first-order valence-electron chi connectivity index (χ1n) is 12.2. The summed E-state index contributed by atoms with van der Waals surface area (Å²) < 4.78 is 13.5. The van der Waals surface area contributed by atoms with Crippen molar-refractivity contribution in [3.05, 3.63) is 96.1 Å². The van der Waals surface area contributed by atoms with Crippen LogP contribution in [0, 0.1) is 17.2 Å². The molecule has 182 valence electrons. The maximum absolute atomic E-state index is 13.5. The van der Waals surface area contributed by atoms with Gasteiger partial charge in [0.05, 0.1) is 5.56 Å². The van der Waals surface area contributed by atoms with Gasteiger partial charge in [-0.1, -0.05) is 30.3 Å². The van der Waals surface area contributed by atoms with E-state index in [0.29, 0.717) is 6.54 Å². The number of nitrogens with one attached hydrogen (secondary N) is 2. The quantitative estimate of drug-likeness (QED) is 0.325. The SMILES string of the molecule is O=C(NCC(Cc1ccc(F)cc1)C12CC(Nc3nccc4cccnc34)(C1)C2)c1ccccc1O. The predicted molar refractivity (Wildman–Crippen MR) is 136 cm³/mol. The molecule has 2 heterocycles. The van der Waals surface area contributed by atoms with Crippen LogP contribution in [0.4, 0.5) is 10.2 Å². The fraction of sp³-hybridized carbons (Fsp3) is 0.276. The molecule has 1 amide bonds. The van der Waals surface area contributed by atoms with Crippen molar-refractivity contribution in [2.24, 2.45) is 11.3 Å². The topological polar surface area (TPSA) is 87.1 Å². The Balaban J connectivity index is 1.18. The van der Waals surface area contributed by atoms with Gasteiger partial charge in [-0.2, -0.15) is 0 Å². The molecule has 4 aromatic rings. The van der Waals surface area contributed by atoms with Gasteiger partial charge >= 0.3 is 0 Å². The highest BCUT2D eigenvalue weighted by atomic mass is 19.1. The van der Waals surface area contributed by atoms with E-state index in [1.807, 2.05) is 30.3 Å². The highest BCUT2D eigenvalue weighted by Gasteiger charge is 2.70. The second-order valence-corrected chi connectivity index (χ2v) is 10.3. The summed E-state index contributed by atoms with van der Waals surface area (Å²) in [4.78, 5) is 21.9. The number of fused-ring (bicyclic) bond motifs is 1. The summed E-state index contributed by atoms with van der Waals surface area (Å²) >= 11 is 0. The Bertz CT molecular complexity index is 1410. The van der Waals surface area contributed by atoms with Gasteiger partial charge in [0, 0.05) is 29.9 Å².